The Balaban J connectivity index is 1.92. The van der Waals surface area contributed by atoms with Crippen molar-refractivity contribution in [3.05, 3.63) is 40.4 Å². The van der Waals surface area contributed by atoms with Gasteiger partial charge in [0, 0.05) is 17.5 Å². The fourth-order valence-corrected chi connectivity index (χ4v) is 3.26. The van der Waals surface area contributed by atoms with Gasteiger partial charge in [-0.1, -0.05) is 12.1 Å². The van der Waals surface area contributed by atoms with Crippen LogP contribution in [-0.4, -0.2) is 16.6 Å². The number of aromatic nitrogens is 1. The summed E-state index contributed by atoms with van der Waals surface area (Å²) in [5.74, 6) is 0. The van der Waals surface area contributed by atoms with Crippen LogP contribution >= 0.6 is 11.3 Å². The molecule has 1 aliphatic carbocycles. The smallest absolute Gasteiger partial charge is 0.123 e. The minimum absolute atomic E-state index is 0.216. The van der Waals surface area contributed by atoms with Gasteiger partial charge >= 0.3 is 0 Å². The van der Waals surface area contributed by atoms with E-state index in [1.165, 1.54) is 30.4 Å². The molecule has 1 aromatic carbocycles. The topological polar surface area (TPSA) is 59.1 Å². The zero-order chi connectivity index (χ0) is 12.5. The van der Waals surface area contributed by atoms with E-state index in [9.17, 15) is 5.11 Å². The molecule has 18 heavy (non-hydrogen) atoms. The second-order valence-corrected chi connectivity index (χ2v) is 5.52. The number of thiazole rings is 1. The predicted molar refractivity (Wildman–Crippen MR) is 73.6 cm³/mol. The van der Waals surface area contributed by atoms with E-state index in [2.05, 4.69) is 23.2 Å². The number of nitrogens with two attached hydrogens (primary N) is 1. The highest BCUT2D eigenvalue weighted by Gasteiger charge is 2.14. The van der Waals surface area contributed by atoms with Crippen LogP contribution in [-0.2, 0) is 12.8 Å². The number of rotatable bonds is 3. The third-order valence-corrected chi connectivity index (χ3v) is 4.34. The molecule has 94 valence electrons. The lowest BCUT2D eigenvalue weighted by atomic mass is 10.1. The second-order valence-electron chi connectivity index (χ2n) is 4.67. The average molecular weight is 260 g/mol. The van der Waals surface area contributed by atoms with Crippen LogP contribution in [0.2, 0.25) is 0 Å². The fraction of sp³-hybridized carbons (Fsp3) is 0.357. The van der Waals surface area contributed by atoms with Crippen molar-refractivity contribution in [2.75, 3.05) is 6.54 Å². The summed E-state index contributed by atoms with van der Waals surface area (Å²) in [4.78, 5) is 4.47. The molecular weight excluding hydrogens is 244 g/mol. The Morgan fingerprint density at radius 2 is 2.17 bits per heavy atom. The average Bonchev–Trinajstić information content (AvgIpc) is 3.05. The van der Waals surface area contributed by atoms with E-state index >= 15 is 0 Å². The van der Waals surface area contributed by atoms with Crippen molar-refractivity contribution >= 4 is 11.3 Å². The molecule has 0 aliphatic heterocycles. The van der Waals surface area contributed by atoms with Gasteiger partial charge < -0.3 is 10.8 Å². The van der Waals surface area contributed by atoms with Gasteiger partial charge in [0.15, 0.2) is 0 Å². The summed E-state index contributed by atoms with van der Waals surface area (Å²) in [5, 5.41) is 12.5. The molecule has 1 aliphatic rings. The maximum Gasteiger partial charge on any atom is 0.123 e. The van der Waals surface area contributed by atoms with Gasteiger partial charge in [0.2, 0.25) is 0 Å². The number of hydrogen-bond donors (Lipinski definition) is 2. The van der Waals surface area contributed by atoms with E-state index in [0.29, 0.717) is 5.69 Å². The Kier molecular flexibility index (Phi) is 3.16. The van der Waals surface area contributed by atoms with Crippen molar-refractivity contribution in [3.8, 4) is 10.6 Å². The van der Waals surface area contributed by atoms with Crippen molar-refractivity contribution in [1.29, 1.82) is 0 Å². The molecule has 0 fully saturated rings. The zero-order valence-electron chi connectivity index (χ0n) is 10.1. The lowest BCUT2D eigenvalue weighted by Gasteiger charge is -2.03. The SMILES string of the molecule is NCC(O)c1csc(-c2ccc3c(c2)CCC3)n1. The van der Waals surface area contributed by atoms with Gasteiger partial charge in [-0.2, -0.15) is 0 Å². The first kappa shape index (κ1) is 11.8. The molecule has 0 bridgehead atoms. The Hall–Kier alpha value is -1.23. The fourth-order valence-electron chi connectivity index (χ4n) is 2.40. The number of aliphatic hydroxyl groups excluding tert-OH is 1. The van der Waals surface area contributed by atoms with Crippen molar-refractivity contribution < 1.29 is 5.11 Å². The van der Waals surface area contributed by atoms with E-state index in [0.717, 1.165) is 10.6 Å². The maximum atomic E-state index is 9.66. The molecule has 2 aromatic rings. The molecule has 1 aromatic heterocycles. The summed E-state index contributed by atoms with van der Waals surface area (Å²) in [6.07, 6.45) is 2.98. The third-order valence-electron chi connectivity index (χ3n) is 3.43. The highest BCUT2D eigenvalue weighted by atomic mass is 32.1. The second kappa shape index (κ2) is 4.80. The van der Waals surface area contributed by atoms with Gasteiger partial charge in [0.25, 0.3) is 0 Å². The van der Waals surface area contributed by atoms with E-state index in [1.807, 2.05) is 5.38 Å². The summed E-state index contributed by atoms with van der Waals surface area (Å²) < 4.78 is 0. The van der Waals surface area contributed by atoms with Crippen molar-refractivity contribution in [2.45, 2.75) is 25.4 Å². The lowest BCUT2D eigenvalue weighted by molar-refractivity contribution is 0.182. The molecule has 1 atom stereocenters. The van der Waals surface area contributed by atoms with Gasteiger partial charge in [0.1, 0.15) is 11.1 Å². The molecule has 3 nitrogen and oxygen atoms in total. The van der Waals surface area contributed by atoms with Gasteiger partial charge in [-0.3, -0.25) is 0 Å². The molecule has 0 spiro atoms. The Labute approximate surface area is 110 Å². The summed E-state index contributed by atoms with van der Waals surface area (Å²) in [7, 11) is 0. The number of hydrogen-bond acceptors (Lipinski definition) is 4. The van der Waals surface area contributed by atoms with Crippen LogP contribution in [0.3, 0.4) is 0 Å². The van der Waals surface area contributed by atoms with Crippen LogP contribution in [0, 0.1) is 0 Å². The van der Waals surface area contributed by atoms with Crippen LogP contribution in [0.25, 0.3) is 10.6 Å². The van der Waals surface area contributed by atoms with Crippen LogP contribution in [0.4, 0.5) is 0 Å². The zero-order valence-corrected chi connectivity index (χ0v) is 10.9. The summed E-state index contributed by atoms with van der Waals surface area (Å²) >= 11 is 1.57. The Morgan fingerprint density at radius 3 is 3.00 bits per heavy atom. The molecule has 4 heteroatoms. The van der Waals surface area contributed by atoms with E-state index in [1.54, 1.807) is 11.3 Å². The predicted octanol–water partition coefficient (Wildman–Crippen LogP) is 2.29. The number of aryl methyl sites for hydroxylation is 2. The molecule has 0 saturated carbocycles. The Bertz CT molecular complexity index is 565. The van der Waals surface area contributed by atoms with Crippen LogP contribution < -0.4 is 5.73 Å². The molecule has 1 heterocycles. The normalized spacial score (nSPS) is 15.7. The largest absolute Gasteiger partial charge is 0.385 e. The summed E-state index contributed by atoms with van der Waals surface area (Å²) in [6.45, 7) is 0.216. The lowest BCUT2D eigenvalue weighted by Crippen LogP contribution is -2.11. The summed E-state index contributed by atoms with van der Waals surface area (Å²) in [6, 6.07) is 6.57. The molecule has 0 radical (unpaired) electrons. The van der Waals surface area contributed by atoms with Crippen molar-refractivity contribution in [1.82, 2.24) is 4.98 Å². The third kappa shape index (κ3) is 2.07. The van der Waals surface area contributed by atoms with Crippen LogP contribution in [0.1, 0.15) is 29.3 Å². The highest BCUT2D eigenvalue weighted by Crippen LogP contribution is 2.30. The number of nitrogens with zero attached hydrogens (tertiary/aromatic N) is 1. The quantitative estimate of drug-likeness (QED) is 0.890. The molecule has 1 unspecified atom stereocenters. The standard InChI is InChI=1S/C14H16N2OS/c15-7-13(17)12-8-18-14(16-12)11-5-4-9-2-1-3-10(9)6-11/h4-6,8,13,17H,1-3,7,15H2. The molecule has 3 rings (SSSR count). The first-order valence-corrected chi connectivity index (χ1v) is 7.11. The Morgan fingerprint density at radius 1 is 1.33 bits per heavy atom. The van der Waals surface area contributed by atoms with Crippen molar-refractivity contribution in [3.63, 3.8) is 0 Å². The first-order chi connectivity index (χ1) is 8.78. The maximum absolute atomic E-state index is 9.66. The van der Waals surface area contributed by atoms with Crippen molar-refractivity contribution in [2.24, 2.45) is 5.73 Å². The molecule has 0 amide bonds. The van der Waals surface area contributed by atoms with Crippen LogP contribution in [0.5, 0.6) is 0 Å². The minimum atomic E-state index is -0.649. The molecule has 0 saturated heterocycles. The summed E-state index contributed by atoms with van der Waals surface area (Å²) in [5.41, 5.74) is 10.2. The number of benzene rings is 1. The van der Waals surface area contributed by atoms with E-state index in [-0.39, 0.29) is 6.54 Å². The van der Waals surface area contributed by atoms with Gasteiger partial charge in [-0.05, 0) is 36.5 Å². The molecular formula is C14H16N2OS. The number of fused-ring (bicyclic) bond motifs is 1. The number of aliphatic hydroxyl groups is 1. The monoisotopic (exact) mass is 260 g/mol. The molecule has 3 N–H and O–H groups in total. The minimum Gasteiger partial charge on any atom is -0.385 e. The highest BCUT2D eigenvalue weighted by molar-refractivity contribution is 7.13. The van der Waals surface area contributed by atoms with Gasteiger partial charge in [-0.15, -0.1) is 11.3 Å². The van der Waals surface area contributed by atoms with Gasteiger partial charge in [-0.25, -0.2) is 4.98 Å². The van der Waals surface area contributed by atoms with E-state index < -0.39 is 6.10 Å². The van der Waals surface area contributed by atoms with Crippen LogP contribution in [0.15, 0.2) is 23.6 Å². The van der Waals surface area contributed by atoms with Gasteiger partial charge in [0.05, 0.1) is 5.69 Å². The van der Waals surface area contributed by atoms with E-state index in [4.69, 9.17) is 5.73 Å². The first-order valence-electron chi connectivity index (χ1n) is 6.23.